The molecule has 1 rings (SSSR count). The molecule has 1 fully saturated rings. The van der Waals surface area contributed by atoms with Gasteiger partial charge in [-0.3, -0.25) is 0 Å². The molecule has 1 N–H and O–H groups in total. The molecule has 0 aromatic rings. The number of nitrogens with zero attached hydrogens (tertiary/aromatic N) is 1. The summed E-state index contributed by atoms with van der Waals surface area (Å²) in [6.45, 7) is 2.18. The monoisotopic (exact) mass is 298 g/mol. The first-order valence-electron chi connectivity index (χ1n) is 6.03. The standard InChI is InChI=1S/C10H19ClN2O4S/c1-2-17-10(14)12-18(15,16)13-8-4-6-9(13)5-3-7-11/h9H,2-8H2,1H3,(H,12,14). The van der Waals surface area contributed by atoms with Crippen LogP contribution in [-0.4, -0.2) is 43.9 Å². The van der Waals surface area contributed by atoms with E-state index in [0.717, 1.165) is 19.3 Å². The number of ether oxygens (including phenoxy) is 1. The molecule has 0 aliphatic carbocycles. The maximum Gasteiger partial charge on any atom is 0.421 e. The number of amides is 1. The molecule has 1 heterocycles. The lowest BCUT2D eigenvalue weighted by Crippen LogP contribution is -2.45. The third kappa shape index (κ3) is 4.29. The van der Waals surface area contributed by atoms with E-state index in [1.54, 1.807) is 6.92 Å². The Morgan fingerprint density at radius 2 is 2.28 bits per heavy atom. The van der Waals surface area contributed by atoms with E-state index < -0.39 is 16.3 Å². The van der Waals surface area contributed by atoms with Gasteiger partial charge in [0, 0.05) is 18.5 Å². The summed E-state index contributed by atoms with van der Waals surface area (Å²) >= 11 is 5.61. The lowest BCUT2D eigenvalue weighted by Gasteiger charge is -2.23. The van der Waals surface area contributed by atoms with Crippen molar-refractivity contribution in [3.8, 4) is 0 Å². The Bertz CT molecular complexity index is 374. The van der Waals surface area contributed by atoms with E-state index in [-0.39, 0.29) is 12.6 Å². The van der Waals surface area contributed by atoms with Crippen LogP contribution in [0.5, 0.6) is 0 Å². The molecule has 0 bridgehead atoms. The summed E-state index contributed by atoms with van der Waals surface area (Å²) < 4.78 is 31.8. The second kappa shape index (κ2) is 7.16. The van der Waals surface area contributed by atoms with Crippen LogP contribution < -0.4 is 4.72 Å². The van der Waals surface area contributed by atoms with E-state index in [1.807, 2.05) is 4.72 Å². The van der Waals surface area contributed by atoms with E-state index in [4.69, 9.17) is 11.6 Å². The molecule has 1 unspecified atom stereocenters. The Morgan fingerprint density at radius 1 is 1.56 bits per heavy atom. The van der Waals surface area contributed by atoms with Gasteiger partial charge in [-0.15, -0.1) is 11.6 Å². The summed E-state index contributed by atoms with van der Waals surface area (Å²) in [7, 11) is -3.80. The predicted octanol–water partition coefficient (Wildman–Crippen LogP) is 1.46. The van der Waals surface area contributed by atoms with Crippen LogP contribution in [-0.2, 0) is 14.9 Å². The number of carbonyl (C=O) groups is 1. The fraction of sp³-hybridized carbons (Fsp3) is 0.900. The highest BCUT2D eigenvalue weighted by molar-refractivity contribution is 7.87. The van der Waals surface area contributed by atoms with Gasteiger partial charge in [-0.2, -0.15) is 12.7 Å². The van der Waals surface area contributed by atoms with Gasteiger partial charge in [0.15, 0.2) is 0 Å². The molecule has 1 amide bonds. The molecule has 1 aliphatic heterocycles. The number of hydrogen-bond acceptors (Lipinski definition) is 4. The lowest BCUT2D eigenvalue weighted by molar-refractivity contribution is 0.158. The summed E-state index contributed by atoms with van der Waals surface area (Å²) in [4.78, 5) is 11.2. The maximum absolute atomic E-state index is 12.0. The molecule has 1 atom stereocenters. The molecule has 8 heteroatoms. The zero-order valence-electron chi connectivity index (χ0n) is 10.4. The van der Waals surface area contributed by atoms with Gasteiger partial charge in [0.1, 0.15) is 0 Å². The molecule has 0 radical (unpaired) electrons. The highest BCUT2D eigenvalue weighted by atomic mass is 35.5. The van der Waals surface area contributed by atoms with Crippen molar-refractivity contribution in [3.63, 3.8) is 0 Å². The second-order valence-corrected chi connectivity index (χ2v) is 6.07. The highest BCUT2D eigenvalue weighted by Gasteiger charge is 2.34. The molecule has 0 aromatic heterocycles. The van der Waals surface area contributed by atoms with Gasteiger partial charge in [0.2, 0.25) is 0 Å². The third-order valence-electron chi connectivity index (χ3n) is 2.79. The average molecular weight is 299 g/mol. The first-order chi connectivity index (χ1) is 8.51. The van der Waals surface area contributed by atoms with Crippen molar-refractivity contribution in [1.29, 1.82) is 0 Å². The van der Waals surface area contributed by atoms with Crippen LogP contribution in [0.25, 0.3) is 0 Å². The van der Waals surface area contributed by atoms with Crippen molar-refractivity contribution in [3.05, 3.63) is 0 Å². The predicted molar refractivity (Wildman–Crippen MR) is 68.8 cm³/mol. The fourth-order valence-corrected chi connectivity index (χ4v) is 3.57. The minimum atomic E-state index is -3.80. The van der Waals surface area contributed by atoms with Gasteiger partial charge in [0.05, 0.1) is 6.61 Å². The topological polar surface area (TPSA) is 75.7 Å². The Labute approximate surface area is 113 Å². The number of carbonyl (C=O) groups excluding carboxylic acids is 1. The van der Waals surface area contributed by atoms with Crippen LogP contribution in [0.15, 0.2) is 0 Å². The average Bonchev–Trinajstić information content (AvgIpc) is 2.74. The normalized spacial score (nSPS) is 20.9. The minimum absolute atomic E-state index is 0.0734. The van der Waals surface area contributed by atoms with Crippen LogP contribution >= 0.6 is 11.6 Å². The summed E-state index contributed by atoms with van der Waals surface area (Å²) in [5, 5.41) is 0. The highest BCUT2D eigenvalue weighted by Crippen LogP contribution is 2.24. The molecule has 106 valence electrons. The maximum atomic E-state index is 12.0. The molecule has 0 saturated carbocycles. The van der Waals surface area contributed by atoms with Crippen molar-refractivity contribution in [2.24, 2.45) is 0 Å². The van der Waals surface area contributed by atoms with Gasteiger partial charge in [-0.25, -0.2) is 9.52 Å². The van der Waals surface area contributed by atoms with Crippen LogP contribution in [0.1, 0.15) is 32.6 Å². The van der Waals surface area contributed by atoms with Crippen molar-refractivity contribution in [2.45, 2.75) is 38.6 Å². The first-order valence-corrected chi connectivity index (χ1v) is 8.01. The summed E-state index contributed by atoms with van der Waals surface area (Å²) in [5.74, 6) is 0.510. The molecule has 18 heavy (non-hydrogen) atoms. The Morgan fingerprint density at radius 3 is 2.89 bits per heavy atom. The zero-order chi connectivity index (χ0) is 13.6. The molecule has 1 saturated heterocycles. The first kappa shape index (κ1) is 15.5. The van der Waals surface area contributed by atoms with Crippen molar-refractivity contribution >= 4 is 27.9 Å². The van der Waals surface area contributed by atoms with E-state index in [9.17, 15) is 13.2 Å². The molecule has 0 aromatic carbocycles. The van der Waals surface area contributed by atoms with Crippen LogP contribution in [0.4, 0.5) is 4.79 Å². The largest absolute Gasteiger partial charge is 0.449 e. The molecule has 1 aliphatic rings. The van der Waals surface area contributed by atoms with Crippen molar-refractivity contribution in [1.82, 2.24) is 9.03 Å². The number of rotatable bonds is 6. The van der Waals surface area contributed by atoms with Gasteiger partial charge in [0.25, 0.3) is 0 Å². The van der Waals surface area contributed by atoms with E-state index in [0.29, 0.717) is 18.8 Å². The van der Waals surface area contributed by atoms with Gasteiger partial charge < -0.3 is 4.74 Å². The van der Waals surface area contributed by atoms with Crippen LogP contribution in [0, 0.1) is 0 Å². The number of nitrogens with one attached hydrogen (secondary N) is 1. The second-order valence-electron chi connectivity index (χ2n) is 4.07. The lowest BCUT2D eigenvalue weighted by atomic mass is 10.1. The minimum Gasteiger partial charge on any atom is -0.449 e. The van der Waals surface area contributed by atoms with Gasteiger partial charge >= 0.3 is 16.3 Å². The third-order valence-corrected chi connectivity index (χ3v) is 4.58. The van der Waals surface area contributed by atoms with E-state index in [2.05, 4.69) is 4.74 Å². The summed E-state index contributed by atoms with van der Waals surface area (Å²) in [5.41, 5.74) is 0. The summed E-state index contributed by atoms with van der Waals surface area (Å²) in [6, 6.07) is -0.0734. The van der Waals surface area contributed by atoms with Gasteiger partial charge in [-0.05, 0) is 32.6 Å². The Kier molecular flexibility index (Phi) is 6.17. The molecular formula is C10H19ClN2O4S. The SMILES string of the molecule is CCOC(=O)NS(=O)(=O)N1CCCC1CCCCl. The van der Waals surface area contributed by atoms with E-state index >= 15 is 0 Å². The number of halogens is 1. The fourth-order valence-electron chi connectivity index (χ4n) is 2.05. The quantitative estimate of drug-likeness (QED) is 0.753. The molecular weight excluding hydrogens is 280 g/mol. The van der Waals surface area contributed by atoms with Crippen molar-refractivity contribution in [2.75, 3.05) is 19.0 Å². The van der Waals surface area contributed by atoms with Gasteiger partial charge in [-0.1, -0.05) is 0 Å². The number of alkyl halides is 1. The van der Waals surface area contributed by atoms with Crippen molar-refractivity contribution < 1.29 is 17.9 Å². The molecule has 6 nitrogen and oxygen atoms in total. The smallest absolute Gasteiger partial charge is 0.421 e. The van der Waals surface area contributed by atoms with Crippen LogP contribution in [0.2, 0.25) is 0 Å². The zero-order valence-corrected chi connectivity index (χ0v) is 12.0. The van der Waals surface area contributed by atoms with Crippen LogP contribution in [0.3, 0.4) is 0 Å². The summed E-state index contributed by atoms with van der Waals surface area (Å²) in [6.07, 6.45) is 2.16. The molecule has 0 spiro atoms. The Balaban J connectivity index is 2.62. The number of hydrogen-bond donors (Lipinski definition) is 1. The Hall–Kier alpha value is -0.530. The van der Waals surface area contributed by atoms with E-state index in [1.165, 1.54) is 4.31 Å².